The second-order valence-electron chi connectivity index (χ2n) is 5.40. The molecule has 0 radical (unpaired) electrons. The van der Waals surface area contributed by atoms with Gasteiger partial charge in [-0.25, -0.2) is 0 Å². The average molecular weight is 348 g/mol. The van der Waals surface area contributed by atoms with Crippen LogP contribution in [-0.2, 0) is 4.74 Å². The predicted octanol–water partition coefficient (Wildman–Crippen LogP) is 3.80. The van der Waals surface area contributed by atoms with Gasteiger partial charge in [0.25, 0.3) is 0 Å². The van der Waals surface area contributed by atoms with Crippen LogP contribution in [0.25, 0.3) is 0 Å². The van der Waals surface area contributed by atoms with Crippen LogP contribution in [0, 0.1) is 0 Å². The molecule has 106 valence electrons. The van der Waals surface area contributed by atoms with Crippen molar-refractivity contribution in [2.45, 2.75) is 44.4 Å². The summed E-state index contributed by atoms with van der Waals surface area (Å²) in [5, 5.41) is 4.29. The van der Waals surface area contributed by atoms with Crippen molar-refractivity contribution in [2.75, 3.05) is 11.9 Å². The van der Waals surface area contributed by atoms with E-state index in [0.717, 1.165) is 23.0 Å². The maximum atomic E-state index is 6.02. The Morgan fingerprint density at radius 3 is 2.58 bits per heavy atom. The van der Waals surface area contributed by atoms with Gasteiger partial charge in [0.1, 0.15) is 0 Å². The van der Waals surface area contributed by atoms with Crippen molar-refractivity contribution >= 4 is 33.2 Å². The molecular formula is C14H20BrClN2O. The zero-order valence-electron chi connectivity index (χ0n) is 11.2. The van der Waals surface area contributed by atoms with Crippen LogP contribution in [0.2, 0.25) is 5.02 Å². The number of nitrogens with one attached hydrogen (secondary N) is 1. The Balaban J connectivity index is 2.19. The van der Waals surface area contributed by atoms with E-state index in [9.17, 15) is 0 Å². The third-order valence-corrected chi connectivity index (χ3v) is 4.75. The van der Waals surface area contributed by atoms with E-state index in [-0.39, 0.29) is 17.7 Å². The fraction of sp³-hybridized carbons (Fsp3) is 0.571. The Labute approximate surface area is 128 Å². The van der Waals surface area contributed by atoms with E-state index in [1.54, 1.807) is 0 Å². The van der Waals surface area contributed by atoms with Crippen LogP contribution in [0.4, 0.5) is 5.69 Å². The highest BCUT2D eigenvalue weighted by molar-refractivity contribution is 9.10. The van der Waals surface area contributed by atoms with Crippen molar-refractivity contribution < 1.29 is 4.74 Å². The number of ether oxygens (including phenoxy) is 1. The van der Waals surface area contributed by atoms with Crippen molar-refractivity contribution in [2.24, 2.45) is 5.73 Å². The molecule has 0 aliphatic carbocycles. The van der Waals surface area contributed by atoms with Crippen molar-refractivity contribution in [3.05, 3.63) is 27.7 Å². The first-order valence-electron chi connectivity index (χ1n) is 6.53. The molecule has 3 N–H and O–H groups in total. The van der Waals surface area contributed by atoms with Crippen LogP contribution in [0.3, 0.4) is 0 Å². The van der Waals surface area contributed by atoms with Crippen molar-refractivity contribution in [1.82, 2.24) is 0 Å². The lowest BCUT2D eigenvalue weighted by atomic mass is 9.84. The van der Waals surface area contributed by atoms with Gasteiger partial charge in [0, 0.05) is 16.7 Å². The van der Waals surface area contributed by atoms with Crippen molar-refractivity contribution in [1.29, 1.82) is 0 Å². The number of nitrogens with two attached hydrogens (primary N) is 1. The van der Waals surface area contributed by atoms with Gasteiger partial charge in [-0.1, -0.05) is 11.6 Å². The number of benzene rings is 1. The van der Waals surface area contributed by atoms with Crippen LogP contribution >= 0.6 is 27.5 Å². The molecule has 0 bridgehead atoms. The molecule has 3 nitrogen and oxygen atoms in total. The topological polar surface area (TPSA) is 47.3 Å². The molecule has 19 heavy (non-hydrogen) atoms. The largest absolute Gasteiger partial charge is 0.378 e. The van der Waals surface area contributed by atoms with E-state index in [1.165, 1.54) is 0 Å². The highest BCUT2D eigenvalue weighted by Crippen LogP contribution is 2.33. The number of anilines is 1. The normalized spacial score (nSPS) is 31.2. The van der Waals surface area contributed by atoms with Gasteiger partial charge in [-0.2, -0.15) is 0 Å². The van der Waals surface area contributed by atoms with Crippen LogP contribution in [0.15, 0.2) is 22.7 Å². The lowest BCUT2D eigenvalue weighted by Gasteiger charge is -2.43. The SMILES string of the molecule is CC1CC(CN)(Nc2ccc(Cl)c(Br)c2)CC(C)O1. The summed E-state index contributed by atoms with van der Waals surface area (Å²) in [5.41, 5.74) is 6.95. The summed E-state index contributed by atoms with van der Waals surface area (Å²) in [6.07, 6.45) is 2.26. The predicted molar refractivity (Wildman–Crippen MR) is 83.8 cm³/mol. The lowest BCUT2D eigenvalue weighted by molar-refractivity contribution is -0.0536. The highest BCUT2D eigenvalue weighted by Gasteiger charge is 2.37. The zero-order valence-corrected chi connectivity index (χ0v) is 13.6. The highest BCUT2D eigenvalue weighted by atomic mass is 79.9. The van der Waals surface area contributed by atoms with Gasteiger partial charge in [0.15, 0.2) is 0 Å². The molecule has 0 amide bonds. The summed E-state index contributed by atoms with van der Waals surface area (Å²) in [6.45, 7) is 4.78. The molecule has 2 unspecified atom stereocenters. The summed E-state index contributed by atoms with van der Waals surface area (Å²) < 4.78 is 6.69. The van der Waals surface area contributed by atoms with Gasteiger partial charge >= 0.3 is 0 Å². The van der Waals surface area contributed by atoms with Crippen LogP contribution in [0.5, 0.6) is 0 Å². The van der Waals surface area contributed by atoms with E-state index in [2.05, 4.69) is 35.1 Å². The summed E-state index contributed by atoms with van der Waals surface area (Å²) >= 11 is 9.47. The van der Waals surface area contributed by atoms with E-state index in [4.69, 9.17) is 22.1 Å². The minimum Gasteiger partial charge on any atom is -0.378 e. The molecule has 1 heterocycles. The zero-order chi connectivity index (χ0) is 14.0. The fourth-order valence-corrected chi connectivity index (χ4v) is 3.37. The fourth-order valence-electron chi connectivity index (χ4n) is 2.88. The van der Waals surface area contributed by atoms with E-state index >= 15 is 0 Å². The van der Waals surface area contributed by atoms with E-state index in [1.807, 2.05) is 18.2 Å². The second-order valence-corrected chi connectivity index (χ2v) is 6.67. The maximum Gasteiger partial charge on any atom is 0.0573 e. The van der Waals surface area contributed by atoms with Gasteiger partial charge in [0.2, 0.25) is 0 Å². The van der Waals surface area contributed by atoms with Gasteiger partial charge in [-0.05, 0) is 60.8 Å². The summed E-state index contributed by atoms with van der Waals surface area (Å²) in [7, 11) is 0. The third kappa shape index (κ3) is 3.63. The minimum atomic E-state index is -0.107. The number of hydrogen-bond acceptors (Lipinski definition) is 3. The van der Waals surface area contributed by atoms with Crippen molar-refractivity contribution in [3.63, 3.8) is 0 Å². The molecule has 1 saturated heterocycles. The Bertz CT molecular complexity index is 445. The summed E-state index contributed by atoms with van der Waals surface area (Å²) in [4.78, 5) is 0. The summed E-state index contributed by atoms with van der Waals surface area (Å²) in [6, 6.07) is 5.85. The molecule has 1 aliphatic rings. The molecule has 0 saturated carbocycles. The Kier molecular flexibility index (Phi) is 4.77. The molecule has 1 fully saturated rings. The monoisotopic (exact) mass is 346 g/mol. The van der Waals surface area contributed by atoms with Gasteiger partial charge in [-0.3, -0.25) is 0 Å². The molecule has 0 aromatic heterocycles. The molecule has 0 spiro atoms. The molecule has 5 heteroatoms. The third-order valence-electron chi connectivity index (χ3n) is 3.54. The molecule has 2 atom stereocenters. The number of rotatable bonds is 3. The Morgan fingerprint density at radius 2 is 2.05 bits per heavy atom. The van der Waals surface area contributed by atoms with Gasteiger partial charge in [-0.15, -0.1) is 0 Å². The first-order valence-corrected chi connectivity index (χ1v) is 7.70. The van der Waals surface area contributed by atoms with Crippen molar-refractivity contribution in [3.8, 4) is 0 Å². The van der Waals surface area contributed by atoms with Crippen LogP contribution in [-0.4, -0.2) is 24.3 Å². The van der Waals surface area contributed by atoms with Crippen LogP contribution < -0.4 is 11.1 Å². The second kappa shape index (κ2) is 6.00. The maximum absolute atomic E-state index is 6.02. The summed E-state index contributed by atoms with van der Waals surface area (Å²) in [5.74, 6) is 0. The first kappa shape index (κ1) is 15.1. The number of halogens is 2. The smallest absolute Gasteiger partial charge is 0.0573 e. The molecule has 2 rings (SSSR count). The number of hydrogen-bond donors (Lipinski definition) is 2. The molecule has 1 aliphatic heterocycles. The molecular weight excluding hydrogens is 328 g/mol. The van der Waals surface area contributed by atoms with Gasteiger partial charge < -0.3 is 15.8 Å². The quantitative estimate of drug-likeness (QED) is 0.874. The van der Waals surface area contributed by atoms with E-state index < -0.39 is 0 Å². The van der Waals surface area contributed by atoms with Crippen LogP contribution in [0.1, 0.15) is 26.7 Å². The average Bonchev–Trinajstić information content (AvgIpc) is 2.32. The Hall–Kier alpha value is -0.290. The first-order chi connectivity index (χ1) is 8.94. The van der Waals surface area contributed by atoms with Gasteiger partial charge in [0.05, 0.1) is 22.8 Å². The van der Waals surface area contributed by atoms with E-state index in [0.29, 0.717) is 11.6 Å². The minimum absolute atomic E-state index is 0.107. The molecule has 1 aromatic carbocycles. The lowest BCUT2D eigenvalue weighted by Crippen LogP contribution is -2.53. The molecule has 1 aromatic rings. The Morgan fingerprint density at radius 1 is 1.42 bits per heavy atom. The standard InChI is InChI=1S/C14H20BrClN2O/c1-9-6-14(8-17,7-10(2)19-9)18-11-3-4-13(16)12(15)5-11/h3-5,9-10,18H,6-8,17H2,1-2H3.